The summed E-state index contributed by atoms with van der Waals surface area (Å²) >= 11 is 0. The molecule has 1 rings (SSSR count). The van der Waals surface area contributed by atoms with Crippen LogP contribution in [0.5, 0.6) is 0 Å². The van der Waals surface area contributed by atoms with Crippen LogP contribution in [-0.4, -0.2) is 52.0 Å². The van der Waals surface area contributed by atoms with Crippen LogP contribution in [0.4, 0.5) is 0 Å². The van der Waals surface area contributed by atoms with Crippen molar-refractivity contribution in [1.29, 1.82) is 0 Å². The molecule has 0 bridgehead atoms. The van der Waals surface area contributed by atoms with Gasteiger partial charge in [-0.05, 0) is 12.1 Å². The average molecular weight is 315 g/mol. The van der Waals surface area contributed by atoms with Gasteiger partial charge in [-0.25, -0.2) is 13.2 Å². The molecule has 1 aromatic rings. The standard InChI is InChI=1S/C13H17NO6S/c1-4-14(9-12(15)19-2)21(17,18)11-8-6-5-7-10(11)13(16)20-3/h5-8H,4,9H2,1-3H3. The van der Waals surface area contributed by atoms with Crippen LogP contribution in [0.2, 0.25) is 0 Å². The second-order valence-corrected chi connectivity index (χ2v) is 5.90. The molecule has 0 radical (unpaired) electrons. The van der Waals surface area contributed by atoms with E-state index >= 15 is 0 Å². The Kier molecular flexibility index (Phi) is 5.86. The largest absolute Gasteiger partial charge is 0.468 e. The van der Waals surface area contributed by atoms with Crippen molar-refractivity contribution in [3.8, 4) is 0 Å². The van der Waals surface area contributed by atoms with E-state index in [1.807, 2.05) is 0 Å². The minimum absolute atomic E-state index is 0.0624. The van der Waals surface area contributed by atoms with Gasteiger partial charge in [-0.15, -0.1) is 0 Å². The minimum Gasteiger partial charge on any atom is -0.468 e. The van der Waals surface area contributed by atoms with Crippen LogP contribution < -0.4 is 0 Å². The molecule has 0 aliphatic rings. The van der Waals surface area contributed by atoms with Gasteiger partial charge in [0.25, 0.3) is 0 Å². The molecule has 0 unspecified atom stereocenters. The molecule has 1 aromatic carbocycles. The minimum atomic E-state index is -4.01. The van der Waals surface area contributed by atoms with Gasteiger partial charge in [0.2, 0.25) is 10.0 Å². The zero-order valence-corrected chi connectivity index (χ0v) is 12.8. The zero-order valence-electron chi connectivity index (χ0n) is 12.0. The van der Waals surface area contributed by atoms with Crippen LogP contribution in [0.25, 0.3) is 0 Å². The predicted molar refractivity (Wildman–Crippen MR) is 74.2 cm³/mol. The number of sulfonamides is 1. The Balaban J connectivity index is 3.29. The first kappa shape index (κ1) is 17.1. The summed E-state index contributed by atoms with van der Waals surface area (Å²) in [6.07, 6.45) is 0. The molecule has 0 aromatic heterocycles. The van der Waals surface area contributed by atoms with E-state index in [4.69, 9.17) is 0 Å². The fraction of sp³-hybridized carbons (Fsp3) is 0.385. The number of hydrogen-bond acceptors (Lipinski definition) is 6. The van der Waals surface area contributed by atoms with E-state index in [1.54, 1.807) is 6.92 Å². The van der Waals surface area contributed by atoms with Crippen molar-refractivity contribution < 1.29 is 27.5 Å². The molecule has 21 heavy (non-hydrogen) atoms. The Morgan fingerprint density at radius 2 is 1.76 bits per heavy atom. The molecule has 116 valence electrons. The van der Waals surface area contributed by atoms with Crippen LogP contribution in [-0.2, 0) is 24.3 Å². The highest BCUT2D eigenvalue weighted by molar-refractivity contribution is 7.89. The van der Waals surface area contributed by atoms with E-state index < -0.39 is 28.5 Å². The average Bonchev–Trinajstić information content (AvgIpc) is 2.51. The maximum atomic E-state index is 12.6. The molecule has 0 heterocycles. The molecule has 0 aliphatic heterocycles. The van der Waals surface area contributed by atoms with Gasteiger partial charge in [-0.3, -0.25) is 4.79 Å². The molecular formula is C13H17NO6S. The smallest absolute Gasteiger partial charge is 0.339 e. The number of benzene rings is 1. The number of carbonyl (C=O) groups excluding carboxylic acids is 2. The number of carbonyl (C=O) groups is 2. The monoisotopic (exact) mass is 315 g/mol. The Bertz CT molecular complexity index is 625. The van der Waals surface area contributed by atoms with Gasteiger partial charge in [-0.1, -0.05) is 19.1 Å². The van der Waals surface area contributed by atoms with Crippen molar-refractivity contribution in [3.63, 3.8) is 0 Å². The summed E-state index contributed by atoms with van der Waals surface area (Å²) in [6.45, 7) is 1.22. The zero-order chi connectivity index (χ0) is 16.0. The first-order valence-electron chi connectivity index (χ1n) is 6.12. The second kappa shape index (κ2) is 7.19. The van der Waals surface area contributed by atoms with Crippen LogP contribution in [0.1, 0.15) is 17.3 Å². The van der Waals surface area contributed by atoms with Crippen LogP contribution in [0, 0.1) is 0 Å². The summed E-state index contributed by atoms with van der Waals surface area (Å²) in [5, 5.41) is 0. The molecule has 0 aliphatic carbocycles. The van der Waals surface area contributed by atoms with Crippen molar-refractivity contribution in [3.05, 3.63) is 29.8 Å². The SMILES string of the molecule is CCN(CC(=O)OC)S(=O)(=O)c1ccccc1C(=O)OC. The van der Waals surface area contributed by atoms with E-state index in [0.29, 0.717) is 0 Å². The highest BCUT2D eigenvalue weighted by atomic mass is 32.2. The summed E-state index contributed by atoms with van der Waals surface area (Å²) in [7, 11) is -1.67. The van der Waals surface area contributed by atoms with E-state index in [-0.39, 0.29) is 17.0 Å². The van der Waals surface area contributed by atoms with Gasteiger partial charge in [0.15, 0.2) is 0 Å². The molecule has 7 nitrogen and oxygen atoms in total. The molecule has 0 spiro atoms. The topological polar surface area (TPSA) is 90.0 Å². The lowest BCUT2D eigenvalue weighted by molar-refractivity contribution is -0.140. The molecule has 0 N–H and O–H groups in total. The van der Waals surface area contributed by atoms with Crippen molar-refractivity contribution >= 4 is 22.0 Å². The number of likely N-dealkylation sites (N-methyl/N-ethyl adjacent to an activating group) is 1. The van der Waals surface area contributed by atoms with E-state index in [2.05, 4.69) is 9.47 Å². The fourth-order valence-corrected chi connectivity index (χ4v) is 3.26. The Labute approximate surface area is 123 Å². The van der Waals surface area contributed by atoms with Gasteiger partial charge in [-0.2, -0.15) is 4.31 Å². The highest BCUT2D eigenvalue weighted by Crippen LogP contribution is 2.20. The third-order valence-corrected chi connectivity index (χ3v) is 4.77. The van der Waals surface area contributed by atoms with Gasteiger partial charge in [0, 0.05) is 6.54 Å². The first-order chi connectivity index (χ1) is 9.88. The van der Waals surface area contributed by atoms with E-state index in [1.165, 1.54) is 31.4 Å². The quantitative estimate of drug-likeness (QED) is 0.716. The van der Waals surface area contributed by atoms with Gasteiger partial charge >= 0.3 is 11.9 Å². The summed E-state index contributed by atoms with van der Waals surface area (Å²) in [5.41, 5.74) is -0.0803. The lowest BCUT2D eigenvalue weighted by Gasteiger charge is -2.20. The number of nitrogens with zero attached hydrogens (tertiary/aromatic N) is 1. The normalized spacial score (nSPS) is 11.2. The van der Waals surface area contributed by atoms with Crippen molar-refractivity contribution in [1.82, 2.24) is 4.31 Å². The molecule has 0 saturated carbocycles. The van der Waals surface area contributed by atoms with Gasteiger partial charge in [0.05, 0.1) is 24.7 Å². The Morgan fingerprint density at radius 1 is 1.14 bits per heavy atom. The van der Waals surface area contributed by atoms with E-state index in [9.17, 15) is 18.0 Å². The number of methoxy groups -OCH3 is 2. The summed E-state index contributed by atoms with van der Waals surface area (Å²) in [4.78, 5) is 22.8. The molecular weight excluding hydrogens is 298 g/mol. The highest BCUT2D eigenvalue weighted by Gasteiger charge is 2.29. The van der Waals surface area contributed by atoms with Crippen LogP contribution >= 0.6 is 0 Å². The Hall–Kier alpha value is -1.93. The first-order valence-corrected chi connectivity index (χ1v) is 7.56. The number of esters is 2. The molecule has 8 heteroatoms. The summed E-state index contributed by atoms with van der Waals surface area (Å²) in [5.74, 6) is -1.45. The van der Waals surface area contributed by atoms with Crippen LogP contribution in [0.3, 0.4) is 0 Å². The van der Waals surface area contributed by atoms with E-state index in [0.717, 1.165) is 11.4 Å². The van der Waals surface area contributed by atoms with Gasteiger partial charge in [0.1, 0.15) is 6.54 Å². The Morgan fingerprint density at radius 3 is 2.29 bits per heavy atom. The van der Waals surface area contributed by atoms with Crippen molar-refractivity contribution in [2.45, 2.75) is 11.8 Å². The third-order valence-electron chi connectivity index (χ3n) is 2.80. The number of hydrogen-bond donors (Lipinski definition) is 0. The second-order valence-electron chi connectivity index (χ2n) is 4.00. The molecule has 0 saturated heterocycles. The van der Waals surface area contributed by atoms with Crippen molar-refractivity contribution in [2.75, 3.05) is 27.3 Å². The predicted octanol–water partition coefficient (Wildman–Crippen LogP) is 0.657. The summed E-state index contributed by atoms with van der Waals surface area (Å²) < 4.78 is 35.1. The number of rotatable bonds is 6. The molecule has 0 amide bonds. The lowest BCUT2D eigenvalue weighted by atomic mass is 10.2. The number of ether oxygens (including phenoxy) is 2. The maximum Gasteiger partial charge on any atom is 0.339 e. The van der Waals surface area contributed by atoms with Crippen molar-refractivity contribution in [2.24, 2.45) is 0 Å². The third kappa shape index (κ3) is 3.79. The fourth-order valence-electron chi connectivity index (χ4n) is 1.68. The van der Waals surface area contributed by atoms with Gasteiger partial charge < -0.3 is 9.47 Å². The molecule has 0 fully saturated rings. The van der Waals surface area contributed by atoms with Crippen LogP contribution in [0.15, 0.2) is 29.2 Å². The lowest BCUT2D eigenvalue weighted by Crippen LogP contribution is -2.36. The summed E-state index contributed by atoms with van der Waals surface area (Å²) in [6, 6.07) is 5.67. The molecule has 0 atom stereocenters. The maximum absolute atomic E-state index is 12.6.